The van der Waals surface area contributed by atoms with Crippen LogP contribution >= 0.6 is 0 Å². The fourth-order valence-electron chi connectivity index (χ4n) is 1.70. The monoisotopic (exact) mass is 251 g/mol. The van der Waals surface area contributed by atoms with Gasteiger partial charge in [-0.2, -0.15) is 0 Å². The lowest BCUT2D eigenvalue weighted by Crippen LogP contribution is -2.48. The number of aliphatic carboxylic acids is 2. The van der Waals surface area contributed by atoms with Crippen LogP contribution in [0, 0.1) is 0 Å². The van der Waals surface area contributed by atoms with Crippen molar-refractivity contribution in [2.24, 2.45) is 0 Å². The van der Waals surface area contributed by atoms with Gasteiger partial charge in [-0.25, -0.2) is 9.59 Å². The van der Waals surface area contributed by atoms with E-state index in [2.05, 4.69) is 5.32 Å². The smallest absolute Gasteiger partial charge is 0.332 e. The largest absolute Gasteiger partial charge is 0.480 e. The average molecular weight is 251 g/mol. The van der Waals surface area contributed by atoms with Gasteiger partial charge in [0.25, 0.3) is 0 Å². The maximum atomic E-state index is 10.8. The van der Waals surface area contributed by atoms with Crippen molar-refractivity contribution >= 4 is 11.9 Å². The van der Waals surface area contributed by atoms with Gasteiger partial charge < -0.3 is 10.2 Å². The van der Waals surface area contributed by atoms with Gasteiger partial charge in [0.15, 0.2) is 0 Å². The van der Waals surface area contributed by atoms with Gasteiger partial charge in [-0.15, -0.1) is 0 Å². The van der Waals surface area contributed by atoms with Crippen molar-refractivity contribution in [2.75, 3.05) is 0 Å². The first-order chi connectivity index (χ1) is 8.54. The van der Waals surface area contributed by atoms with Crippen LogP contribution < -0.4 is 5.32 Å². The van der Waals surface area contributed by atoms with Crippen LogP contribution in [-0.4, -0.2) is 34.2 Å². The third-order valence-electron chi connectivity index (χ3n) is 2.71. The molecule has 98 valence electrons. The van der Waals surface area contributed by atoms with E-state index in [0.29, 0.717) is 12.8 Å². The van der Waals surface area contributed by atoms with E-state index < -0.39 is 18.0 Å². The van der Waals surface area contributed by atoms with Gasteiger partial charge in [0.1, 0.15) is 0 Å². The SMILES string of the molecule is CCC(Cc1ccccc1)NC(C(=O)O)C(=O)O. The predicted octanol–water partition coefficient (Wildman–Crippen LogP) is 1.14. The molecule has 1 aromatic carbocycles. The Hall–Kier alpha value is -1.88. The second-order valence-corrected chi connectivity index (χ2v) is 4.07. The first-order valence-corrected chi connectivity index (χ1v) is 5.80. The normalized spacial score (nSPS) is 12.3. The first-order valence-electron chi connectivity index (χ1n) is 5.80. The highest BCUT2D eigenvalue weighted by atomic mass is 16.4. The quantitative estimate of drug-likeness (QED) is 0.632. The van der Waals surface area contributed by atoms with E-state index >= 15 is 0 Å². The van der Waals surface area contributed by atoms with E-state index in [9.17, 15) is 9.59 Å². The maximum absolute atomic E-state index is 10.8. The van der Waals surface area contributed by atoms with Gasteiger partial charge in [0, 0.05) is 6.04 Å². The number of carbonyl (C=O) groups is 2. The number of benzene rings is 1. The van der Waals surface area contributed by atoms with E-state index in [1.165, 1.54) is 0 Å². The summed E-state index contributed by atoms with van der Waals surface area (Å²) < 4.78 is 0. The van der Waals surface area contributed by atoms with Crippen molar-refractivity contribution in [3.63, 3.8) is 0 Å². The van der Waals surface area contributed by atoms with E-state index in [-0.39, 0.29) is 6.04 Å². The second-order valence-electron chi connectivity index (χ2n) is 4.07. The molecule has 5 nitrogen and oxygen atoms in total. The third-order valence-corrected chi connectivity index (χ3v) is 2.71. The molecule has 0 amide bonds. The molecule has 0 radical (unpaired) electrons. The lowest BCUT2D eigenvalue weighted by molar-refractivity contribution is -0.151. The molecule has 1 aromatic rings. The van der Waals surface area contributed by atoms with Crippen LogP contribution in [0.15, 0.2) is 30.3 Å². The molecular weight excluding hydrogens is 234 g/mol. The van der Waals surface area contributed by atoms with Crippen LogP contribution in [0.3, 0.4) is 0 Å². The highest BCUT2D eigenvalue weighted by molar-refractivity contribution is 5.97. The zero-order valence-corrected chi connectivity index (χ0v) is 10.2. The van der Waals surface area contributed by atoms with E-state index in [4.69, 9.17) is 10.2 Å². The molecule has 1 unspecified atom stereocenters. The van der Waals surface area contributed by atoms with E-state index in [0.717, 1.165) is 5.56 Å². The summed E-state index contributed by atoms with van der Waals surface area (Å²) in [6, 6.07) is 7.82. The highest BCUT2D eigenvalue weighted by Gasteiger charge is 2.27. The Balaban J connectivity index is 2.67. The molecular formula is C13H17NO4. The molecule has 0 aliphatic rings. The number of hydrogen-bond acceptors (Lipinski definition) is 3. The van der Waals surface area contributed by atoms with Crippen LogP contribution in [0.1, 0.15) is 18.9 Å². The number of carboxylic acids is 2. The molecule has 0 aliphatic carbocycles. The van der Waals surface area contributed by atoms with Crippen molar-refractivity contribution in [3.05, 3.63) is 35.9 Å². The summed E-state index contributed by atoms with van der Waals surface area (Å²) in [5, 5.41) is 20.3. The van der Waals surface area contributed by atoms with Crippen molar-refractivity contribution < 1.29 is 19.8 Å². The van der Waals surface area contributed by atoms with Crippen molar-refractivity contribution in [3.8, 4) is 0 Å². The van der Waals surface area contributed by atoms with Gasteiger partial charge in [0.2, 0.25) is 6.04 Å². The van der Waals surface area contributed by atoms with Crippen molar-refractivity contribution in [2.45, 2.75) is 31.8 Å². The molecule has 0 aliphatic heterocycles. The van der Waals surface area contributed by atoms with Crippen LogP contribution in [0.5, 0.6) is 0 Å². The summed E-state index contributed by atoms with van der Waals surface area (Å²) in [4.78, 5) is 21.6. The zero-order valence-electron chi connectivity index (χ0n) is 10.2. The lowest BCUT2D eigenvalue weighted by atomic mass is 10.0. The molecule has 0 saturated heterocycles. The van der Waals surface area contributed by atoms with E-state index in [1.807, 2.05) is 37.3 Å². The molecule has 3 N–H and O–H groups in total. The summed E-state index contributed by atoms with van der Waals surface area (Å²) in [6.07, 6.45) is 1.26. The lowest BCUT2D eigenvalue weighted by Gasteiger charge is -2.19. The Morgan fingerprint density at radius 2 is 1.72 bits per heavy atom. The van der Waals surface area contributed by atoms with Crippen LogP contribution in [-0.2, 0) is 16.0 Å². The van der Waals surface area contributed by atoms with E-state index in [1.54, 1.807) is 0 Å². The first kappa shape index (κ1) is 14.2. The summed E-state index contributed by atoms with van der Waals surface area (Å²) in [5.74, 6) is -2.73. The molecule has 1 rings (SSSR count). The molecule has 0 spiro atoms. The van der Waals surface area contributed by atoms with Gasteiger partial charge in [-0.1, -0.05) is 37.3 Å². The number of nitrogens with one attached hydrogen (secondary N) is 1. The van der Waals surface area contributed by atoms with Crippen LogP contribution in [0.2, 0.25) is 0 Å². The molecule has 0 saturated carbocycles. The number of carboxylic acid groups (broad SMARTS) is 2. The van der Waals surface area contributed by atoms with Gasteiger partial charge >= 0.3 is 11.9 Å². The summed E-state index contributed by atoms with van der Waals surface area (Å²) in [6.45, 7) is 1.89. The minimum Gasteiger partial charge on any atom is -0.480 e. The predicted molar refractivity (Wildman–Crippen MR) is 66.4 cm³/mol. The van der Waals surface area contributed by atoms with Crippen molar-refractivity contribution in [1.29, 1.82) is 0 Å². The summed E-state index contributed by atoms with van der Waals surface area (Å²) >= 11 is 0. The average Bonchev–Trinajstić information content (AvgIpc) is 2.34. The van der Waals surface area contributed by atoms with Gasteiger partial charge in [-0.05, 0) is 18.4 Å². The Bertz CT molecular complexity index is 391. The number of rotatable bonds is 7. The molecule has 18 heavy (non-hydrogen) atoms. The highest BCUT2D eigenvalue weighted by Crippen LogP contribution is 2.06. The van der Waals surface area contributed by atoms with Gasteiger partial charge in [-0.3, -0.25) is 5.32 Å². The summed E-state index contributed by atoms with van der Waals surface area (Å²) in [7, 11) is 0. The second kappa shape index (κ2) is 6.76. The Kier molecular flexibility index (Phi) is 5.32. The number of hydrogen-bond donors (Lipinski definition) is 3. The van der Waals surface area contributed by atoms with Gasteiger partial charge in [0.05, 0.1) is 0 Å². The molecule has 0 heterocycles. The van der Waals surface area contributed by atoms with Crippen molar-refractivity contribution in [1.82, 2.24) is 5.32 Å². The molecule has 0 aromatic heterocycles. The van der Waals surface area contributed by atoms with Crippen LogP contribution in [0.25, 0.3) is 0 Å². The maximum Gasteiger partial charge on any atom is 0.332 e. The zero-order chi connectivity index (χ0) is 13.5. The summed E-state index contributed by atoms with van der Waals surface area (Å²) in [5.41, 5.74) is 1.05. The molecule has 0 bridgehead atoms. The fraction of sp³-hybridized carbons (Fsp3) is 0.385. The standard InChI is InChI=1S/C13H17NO4/c1-2-10(8-9-6-4-3-5-7-9)14-11(12(15)16)13(17)18/h3-7,10-11,14H,2,8H2,1H3,(H,15,16)(H,17,18). The molecule has 1 atom stereocenters. The fourth-order valence-corrected chi connectivity index (χ4v) is 1.70. The van der Waals surface area contributed by atoms with Crippen LogP contribution in [0.4, 0.5) is 0 Å². The Morgan fingerprint density at radius 3 is 2.17 bits per heavy atom. The topological polar surface area (TPSA) is 86.6 Å². The third kappa shape index (κ3) is 4.18. The Labute approximate surface area is 105 Å². The minimum atomic E-state index is -1.56. The molecule has 5 heteroatoms. The Morgan fingerprint density at radius 1 is 1.17 bits per heavy atom. The molecule has 0 fully saturated rings. The minimum absolute atomic E-state index is 0.176.